The molecule has 1 N–H and O–H groups in total. The maximum Gasteiger partial charge on any atom is 0.269 e. The summed E-state index contributed by atoms with van der Waals surface area (Å²) in [5.41, 5.74) is 0.239. The van der Waals surface area contributed by atoms with Crippen molar-refractivity contribution in [2.75, 3.05) is 5.75 Å². The minimum atomic E-state index is -3.42. The standard InChI is InChI=1S/C12H16N2O5S/c1-3-11(20(18,19)4-2)12(13-15)9-5-7-10(8-6-9)14(16)17/h5-8,11,15H,3-4H2,1-2H3/b13-12-/t11-/m0/s1. The Balaban J connectivity index is 3.23. The van der Waals surface area contributed by atoms with Crippen LogP contribution in [-0.2, 0) is 9.84 Å². The number of hydrogen-bond acceptors (Lipinski definition) is 6. The zero-order valence-corrected chi connectivity index (χ0v) is 12.0. The number of oxime groups is 1. The lowest BCUT2D eigenvalue weighted by atomic mass is 10.1. The van der Waals surface area contributed by atoms with E-state index in [2.05, 4.69) is 5.16 Å². The molecule has 0 aliphatic heterocycles. The summed E-state index contributed by atoms with van der Waals surface area (Å²) in [6.07, 6.45) is 0.257. The summed E-state index contributed by atoms with van der Waals surface area (Å²) in [5.74, 6) is -0.0719. The second-order valence-electron chi connectivity index (χ2n) is 4.14. The van der Waals surface area contributed by atoms with E-state index in [1.54, 1.807) is 6.92 Å². The highest BCUT2D eigenvalue weighted by molar-refractivity contribution is 7.92. The number of benzene rings is 1. The van der Waals surface area contributed by atoms with Crippen LogP contribution in [0.2, 0.25) is 0 Å². The normalized spacial score (nSPS) is 14.0. The third-order valence-corrected chi connectivity index (χ3v) is 5.22. The molecule has 7 nitrogen and oxygen atoms in total. The molecule has 1 aromatic carbocycles. The van der Waals surface area contributed by atoms with E-state index in [0.29, 0.717) is 5.56 Å². The lowest BCUT2D eigenvalue weighted by molar-refractivity contribution is -0.384. The molecule has 0 heterocycles. The van der Waals surface area contributed by atoms with Crippen molar-refractivity contribution in [1.82, 2.24) is 0 Å². The van der Waals surface area contributed by atoms with Gasteiger partial charge in [-0.05, 0) is 18.6 Å². The Morgan fingerprint density at radius 2 is 1.90 bits per heavy atom. The lowest BCUT2D eigenvalue weighted by Crippen LogP contribution is -2.31. The first kappa shape index (κ1) is 16.1. The van der Waals surface area contributed by atoms with Crippen LogP contribution >= 0.6 is 0 Å². The average Bonchev–Trinajstić information content (AvgIpc) is 2.44. The molecule has 0 unspecified atom stereocenters. The van der Waals surface area contributed by atoms with Gasteiger partial charge in [0.05, 0.1) is 4.92 Å². The Morgan fingerprint density at radius 1 is 1.35 bits per heavy atom. The molecule has 0 saturated heterocycles. The van der Waals surface area contributed by atoms with Crippen LogP contribution in [0, 0.1) is 10.1 Å². The van der Waals surface area contributed by atoms with Crippen molar-refractivity contribution in [3.05, 3.63) is 39.9 Å². The lowest BCUT2D eigenvalue weighted by Gasteiger charge is -2.16. The summed E-state index contributed by atoms with van der Waals surface area (Å²) in [6.45, 7) is 3.19. The topological polar surface area (TPSA) is 110 Å². The number of sulfone groups is 1. The first-order chi connectivity index (χ1) is 9.37. The van der Waals surface area contributed by atoms with Crippen molar-refractivity contribution in [3.63, 3.8) is 0 Å². The second-order valence-corrected chi connectivity index (χ2v) is 6.61. The Labute approximate surface area is 117 Å². The number of non-ortho nitro benzene ring substituents is 1. The van der Waals surface area contributed by atoms with Gasteiger partial charge in [-0.15, -0.1) is 0 Å². The highest BCUT2D eigenvalue weighted by atomic mass is 32.2. The minimum absolute atomic E-state index is 0.00393. The zero-order chi connectivity index (χ0) is 15.3. The minimum Gasteiger partial charge on any atom is -0.411 e. The second kappa shape index (κ2) is 6.47. The predicted octanol–water partition coefficient (Wildman–Crippen LogP) is 1.99. The molecule has 0 bridgehead atoms. The van der Waals surface area contributed by atoms with Crippen molar-refractivity contribution in [3.8, 4) is 0 Å². The quantitative estimate of drug-likeness (QED) is 0.374. The summed E-state index contributed by atoms with van der Waals surface area (Å²) >= 11 is 0. The van der Waals surface area contributed by atoms with E-state index < -0.39 is 20.0 Å². The largest absolute Gasteiger partial charge is 0.411 e. The predicted molar refractivity (Wildman–Crippen MR) is 75.0 cm³/mol. The average molecular weight is 300 g/mol. The van der Waals surface area contributed by atoms with Crippen LogP contribution in [0.3, 0.4) is 0 Å². The van der Waals surface area contributed by atoms with E-state index in [0.717, 1.165) is 0 Å². The summed E-state index contributed by atoms with van der Waals surface area (Å²) in [6, 6.07) is 5.24. The first-order valence-electron chi connectivity index (χ1n) is 6.05. The first-order valence-corrected chi connectivity index (χ1v) is 7.77. The molecule has 110 valence electrons. The third kappa shape index (κ3) is 3.32. The van der Waals surface area contributed by atoms with Crippen LogP contribution in [0.1, 0.15) is 25.8 Å². The van der Waals surface area contributed by atoms with E-state index in [9.17, 15) is 18.5 Å². The van der Waals surface area contributed by atoms with Gasteiger partial charge in [-0.25, -0.2) is 8.42 Å². The number of nitro groups is 1. The summed E-state index contributed by atoms with van der Waals surface area (Å²) in [4.78, 5) is 10.0. The molecule has 0 aromatic heterocycles. The Hall–Kier alpha value is -1.96. The zero-order valence-electron chi connectivity index (χ0n) is 11.2. The van der Waals surface area contributed by atoms with E-state index in [1.807, 2.05) is 0 Å². The Kier molecular flexibility index (Phi) is 5.20. The Morgan fingerprint density at radius 3 is 2.25 bits per heavy atom. The summed E-state index contributed by atoms with van der Waals surface area (Å²) < 4.78 is 24.0. The number of nitro benzene ring substituents is 1. The molecule has 0 spiro atoms. The fourth-order valence-corrected chi connectivity index (χ4v) is 3.31. The van der Waals surface area contributed by atoms with Crippen LogP contribution in [0.25, 0.3) is 0 Å². The molecule has 0 aliphatic rings. The Bertz CT molecular complexity index is 607. The van der Waals surface area contributed by atoms with Gasteiger partial charge in [0.2, 0.25) is 0 Å². The molecular weight excluding hydrogens is 284 g/mol. The molecule has 1 aromatic rings. The van der Waals surface area contributed by atoms with Gasteiger partial charge in [0.15, 0.2) is 9.84 Å². The van der Waals surface area contributed by atoms with Crippen LogP contribution in [0.5, 0.6) is 0 Å². The van der Waals surface area contributed by atoms with Gasteiger partial charge in [-0.3, -0.25) is 10.1 Å². The third-order valence-electron chi connectivity index (χ3n) is 2.99. The molecule has 0 aliphatic carbocycles. The van der Waals surface area contributed by atoms with Gasteiger partial charge < -0.3 is 5.21 Å². The summed E-state index contributed by atoms with van der Waals surface area (Å²) in [7, 11) is -3.42. The number of nitrogens with zero attached hydrogens (tertiary/aromatic N) is 2. The molecule has 0 radical (unpaired) electrons. The molecule has 0 saturated carbocycles. The SMILES string of the molecule is CC[C@@H](/C(=N\O)c1ccc([N+](=O)[O-])cc1)S(=O)(=O)CC. The van der Waals surface area contributed by atoms with Crippen LogP contribution < -0.4 is 0 Å². The summed E-state index contributed by atoms with van der Waals surface area (Å²) in [5, 5.41) is 21.8. The van der Waals surface area contributed by atoms with Crippen molar-refractivity contribution in [2.45, 2.75) is 25.5 Å². The molecule has 20 heavy (non-hydrogen) atoms. The highest BCUT2D eigenvalue weighted by Gasteiger charge is 2.29. The fraction of sp³-hybridized carbons (Fsp3) is 0.417. The van der Waals surface area contributed by atoms with Gasteiger partial charge in [-0.1, -0.05) is 19.0 Å². The maximum atomic E-state index is 12.0. The van der Waals surface area contributed by atoms with Gasteiger partial charge in [0, 0.05) is 23.4 Å². The van der Waals surface area contributed by atoms with E-state index in [-0.39, 0.29) is 23.6 Å². The van der Waals surface area contributed by atoms with Crippen LogP contribution in [0.4, 0.5) is 5.69 Å². The maximum absolute atomic E-state index is 12.0. The van der Waals surface area contributed by atoms with Crippen LogP contribution in [-0.4, -0.2) is 35.3 Å². The molecule has 0 amide bonds. The highest BCUT2D eigenvalue weighted by Crippen LogP contribution is 2.18. The smallest absolute Gasteiger partial charge is 0.269 e. The molecular formula is C12H16N2O5S. The van der Waals surface area contributed by atoms with Gasteiger partial charge in [0.1, 0.15) is 11.0 Å². The van der Waals surface area contributed by atoms with E-state index >= 15 is 0 Å². The van der Waals surface area contributed by atoms with E-state index in [1.165, 1.54) is 31.2 Å². The van der Waals surface area contributed by atoms with Crippen LogP contribution in [0.15, 0.2) is 29.4 Å². The number of hydrogen-bond donors (Lipinski definition) is 1. The monoisotopic (exact) mass is 300 g/mol. The van der Waals surface area contributed by atoms with Crippen molar-refractivity contribution in [2.24, 2.45) is 5.16 Å². The molecule has 8 heteroatoms. The van der Waals surface area contributed by atoms with Gasteiger partial charge in [0.25, 0.3) is 5.69 Å². The molecule has 1 atom stereocenters. The fourth-order valence-electron chi connectivity index (χ4n) is 1.88. The van der Waals surface area contributed by atoms with Crippen molar-refractivity contribution < 1.29 is 18.5 Å². The molecule has 0 fully saturated rings. The molecule has 1 rings (SSSR count). The number of rotatable bonds is 6. The van der Waals surface area contributed by atoms with E-state index in [4.69, 9.17) is 5.21 Å². The van der Waals surface area contributed by atoms with Crippen molar-refractivity contribution in [1.29, 1.82) is 0 Å². The van der Waals surface area contributed by atoms with Gasteiger partial charge >= 0.3 is 0 Å². The van der Waals surface area contributed by atoms with Crippen molar-refractivity contribution >= 4 is 21.2 Å². The van der Waals surface area contributed by atoms with Gasteiger partial charge in [-0.2, -0.15) is 0 Å².